The number of nitrogens with zero attached hydrogens (tertiary/aromatic N) is 1. The van der Waals surface area contributed by atoms with Crippen LogP contribution in [0.15, 0.2) is 54.6 Å². The van der Waals surface area contributed by atoms with Crippen molar-refractivity contribution in [3.63, 3.8) is 0 Å². The molecule has 26 heavy (non-hydrogen) atoms. The third-order valence-corrected chi connectivity index (χ3v) is 4.49. The summed E-state index contributed by atoms with van der Waals surface area (Å²) in [5.74, 6) is 0.371. The quantitative estimate of drug-likeness (QED) is 0.869. The molecule has 3 rings (SSSR count). The van der Waals surface area contributed by atoms with E-state index in [1.807, 2.05) is 35.2 Å². The molecule has 2 aromatic rings. The first-order chi connectivity index (χ1) is 12.1. The van der Waals surface area contributed by atoms with Gasteiger partial charge in [0.15, 0.2) is 0 Å². The highest BCUT2D eigenvalue weighted by Gasteiger charge is 2.27. The summed E-state index contributed by atoms with van der Waals surface area (Å²) in [7, 11) is 0. The Balaban J connectivity index is 0.00000243. The minimum Gasteiger partial charge on any atom is -0.490 e. The van der Waals surface area contributed by atoms with Crippen molar-refractivity contribution in [2.45, 2.75) is 31.4 Å². The zero-order valence-electron chi connectivity index (χ0n) is 14.5. The molecule has 0 unspecified atom stereocenters. The van der Waals surface area contributed by atoms with Gasteiger partial charge in [0.2, 0.25) is 5.91 Å². The summed E-state index contributed by atoms with van der Waals surface area (Å²) in [6.45, 7) is 1.26. The summed E-state index contributed by atoms with van der Waals surface area (Å²) in [6, 6.07) is 15.3. The predicted molar refractivity (Wildman–Crippen MR) is 102 cm³/mol. The Morgan fingerprint density at radius 1 is 1.12 bits per heavy atom. The minimum absolute atomic E-state index is 0. The fourth-order valence-electron chi connectivity index (χ4n) is 3.09. The summed E-state index contributed by atoms with van der Waals surface area (Å²) >= 11 is 0. The van der Waals surface area contributed by atoms with Crippen LogP contribution in [-0.4, -0.2) is 36.0 Å². The number of rotatable bonds is 5. The van der Waals surface area contributed by atoms with Crippen LogP contribution in [0.2, 0.25) is 0 Å². The average Bonchev–Trinajstić information content (AvgIpc) is 2.64. The number of carbonyl (C=O) groups is 1. The van der Waals surface area contributed by atoms with E-state index in [-0.39, 0.29) is 30.2 Å². The molecule has 0 spiro atoms. The van der Waals surface area contributed by atoms with Gasteiger partial charge in [-0.1, -0.05) is 30.3 Å². The molecule has 1 atom stereocenters. The Kier molecular flexibility index (Phi) is 7.42. The van der Waals surface area contributed by atoms with Crippen molar-refractivity contribution in [2.24, 2.45) is 5.73 Å². The molecule has 0 aliphatic carbocycles. The molecule has 1 aliphatic rings. The van der Waals surface area contributed by atoms with E-state index in [4.69, 9.17) is 10.5 Å². The van der Waals surface area contributed by atoms with E-state index in [1.165, 1.54) is 12.1 Å². The second-order valence-corrected chi connectivity index (χ2v) is 6.39. The molecule has 0 saturated carbocycles. The van der Waals surface area contributed by atoms with Crippen LogP contribution in [0.3, 0.4) is 0 Å². The van der Waals surface area contributed by atoms with Crippen molar-refractivity contribution in [2.75, 3.05) is 13.1 Å². The van der Waals surface area contributed by atoms with Gasteiger partial charge in [0.1, 0.15) is 17.7 Å². The van der Waals surface area contributed by atoms with Gasteiger partial charge in [-0.3, -0.25) is 4.79 Å². The van der Waals surface area contributed by atoms with Crippen molar-refractivity contribution < 1.29 is 13.9 Å². The van der Waals surface area contributed by atoms with Gasteiger partial charge in [0.05, 0.1) is 6.04 Å². The number of hydrogen-bond donors (Lipinski definition) is 1. The summed E-state index contributed by atoms with van der Waals surface area (Å²) in [4.78, 5) is 14.3. The summed E-state index contributed by atoms with van der Waals surface area (Å²) < 4.78 is 18.8. The monoisotopic (exact) mass is 378 g/mol. The highest BCUT2D eigenvalue weighted by atomic mass is 35.5. The summed E-state index contributed by atoms with van der Waals surface area (Å²) in [5.41, 5.74) is 7.16. The van der Waals surface area contributed by atoms with Crippen LogP contribution < -0.4 is 10.5 Å². The molecule has 0 bridgehead atoms. The van der Waals surface area contributed by atoms with Gasteiger partial charge < -0.3 is 15.4 Å². The molecule has 1 aliphatic heterocycles. The van der Waals surface area contributed by atoms with E-state index in [0.29, 0.717) is 25.3 Å². The number of amides is 1. The third kappa shape index (κ3) is 5.44. The molecular formula is C20H24ClFN2O2. The van der Waals surface area contributed by atoms with Crippen LogP contribution in [0.1, 0.15) is 18.4 Å². The van der Waals surface area contributed by atoms with E-state index in [1.54, 1.807) is 12.1 Å². The number of piperidine rings is 1. The average molecular weight is 379 g/mol. The molecule has 1 fully saturated rings. The molecule has 4 nitrogen and oxygen atoms in total. The van der Waals surface area contributed by atoms with Crippen LogP contribution in [-0.2, 0) is 11.2 Å². The first-order valence-corrected chi connectivity index (χ1v) is 8.62. The number of hydrogen-bond acceptors (Lipinski definition) is 3. The van der Waals surface area contributed by atoms with Crippen molar-refractivity contribution in [1.82, 2.24) is 4.90 Å². The molecule has 1 amide bonds. The maximum Gasteiger partial charge on any atom is 0.239 e. The second-order valence-electron chi connectivity index (χ2n) is 6.39. The number of likely N-dealkylation sites (tertiary alicyclic amines) is 1. The summed E-state index contributed by atoms with van der Waals surface area (Å²) in [5, 5.41) is 0. The van der Waals surface area contributed by atoms with Gasteiger partial charge in [-0.15, -0.1) is 12.4 Å². The lowest BCUT2D eigenvalue weighted by atomic mass is 10.0. The molecule has 140 valence electrons. The molecule has 6 heteroatoms. The predicted octanol–water partition coefficient (Wildman–Crippen LogP) is 3.19. The van der Waals surface area contributed by atoms with E-state index in [9.17, 15) is 9.18 Å². The number of benzene rings is 2. The highest BCUT2D eigenvalue weighted by molar-refractivity contribution is 5.85. The normalized spacial score (nSPS) is 15.8. The fourth-order valence-corrected chi connectivity index (χ4v) is 3.09. The van der Waals surface area contributed by atoms with Gasteiger partial charge in [0, 0.05) is 25.9 Å². The lowest BCUT2D eigenvalue weighted by Gasteiger charge is -2.33. The zero-order chi connectivity index (χ0) is 17.6. The molecule has 2 N–H and O–H groups in total. The minimum atomic E-state index is -0.517. The largest absolute Gasteiger partial charge is 0.490 e. The Hall–Kier alpha value is -2.11. The van der Waals surface area contributed by atoms with Crippen LogP contribution in [0.25, 0.3) is 0 Å². The van der Waals surface area contributed by atoms with E-state index in [0.717, 1.165) is 18.4 Å². The van der Waals surface area contributed by atoms with Gasteiger partial charge in [0.25, 0.3) is 0 Å². The van der Waals surface area contributed by atoms with Crippen molar-refractivity contribution in [1.29, 1.82) is 0 Å². The lowest BCUT2D eigenvalue weighted by molar-refractivity contribution is -0.134. The van der Waals surface area contributed by atoms with Crippen molar-refractivity contribution >= 4 is 18.3 Å². The van der Waals surface area contributed by atoms with Gasteiger partial charge in [-0.2, -0.15) is 0 Å². The number of carbonyl (C=O) groups excluding carboxylic acids is 1. The molecule has 1 heterocycles. The SMILES string of the molecule is Cl.N[C@@H](Cc1ccccc1)C(=O)N1CCC(Oc2ccc(F)cc2)CC1. The molecule has 0 radical (unpaired) electrons. The van der Waals surface area contributed by atoms with Crippen LogP contribution >= 0.6 is 12.4 Å². The molecule has 0 aromatic heterocycles. The van der Waals surface area contributed by atoms with Crippen molar-refractivity contribution in [3.05, 3.63) is 66.0 Å². The van der Waals surface area contributed by atoms with Gasteiger partial charge in [-0.25, -0.2) is 4.39 Å². The van der Waals surface area contributed by atoms with Gasteiger partial charge in [-0.05, 0) is 36.2 Å². The Bertz CT molecular complexity index is 689. The van der Waals surface area contributed by atoms with Crippen molar-refractivity contribution in [3.8, 4) is 5.75 Å². The molecule has 2 aromatic carbocycles. The van der Waals surface area contributed by atoms with E-state index < -0.39 is 6.04 Å². The second kappa shape index (κ2) is 9.55. The third-order valence-electron chi connectivity index (χ3n) is 4.49. The number of nitrogens with two attached hydrogens (primary N) is 1. The standard InChI is InChI=1S/C20H23FN2O2.ClH/c21-16-6-8-17(9-7-16)25-18-10-12-23(13-11-18)20(24)19(22)14-15-4-2-1-3-5-15;/h1-9,18-19H,10-14,22H2;1H/t19-;/m0./s1. The molecular weight excluding hydrogens is 355 g/mol. The summed E-state index contributed by atoms with van der Waals surface area (Å²) in [6.07, 6.45) is 2.09. The first-order valence-electron chi connectivity index (χ1n) is 8.62. The first kappa shape index (κ1) is 20.2. The Morgan fingerprint density at radius 3 is 2.35 bits per heavy atom. The van der Waals surface area contributed by atoms with E-state index in [2.05, 4.69) is 0 Å². The zero-order valence-corrected chi connectivity index (χ0v) is 15.3. The van der Waals surface area contributed by atoms with E-state index >= 15 is 0 Å². The lowest BCUT2D eigenvalue weighted by Crippen LogP contribution is -2.49. The van der Waals surface area contributed by atoms with Crippen LogP contribution in [0, 0.1) is 5.82 Å². The Labute approximate surface area is 159 Å². The van der Waals surface area contributed by atoms with Gasteiger partial charge >= 0.3 is 0 Å². The number of halogens is 2. The number of ether oxygens (including phenoxy) is 1. The maximum absolute atomic E-state index is 12.9. The fraction of sp³-hybridized carbons (Fsp3) is 0.350. The maximum atomic E-state index is 12.9. The van der Waals surface area contributed by atoms with Crippen LogP contribution in [0.4, 0.5) is 4.39 Å². The smallest absolute Gasteiger partial charge is 0.239 e. The highest BCUT2D eigenvalue weighted by Crippen LogP contribution is 2.20. The van der Waals surface area contributed by atoms with Crippen LogP contribution in [0.5, 0.6) is 5.75 Å². The topological polar surface area (TPSA) is 55.6 Å². The molecule has 1 saturated heterocycles. The Morgan fingerprint density at radius 2 is 1.73 bits per heavy atom.